The zero-order valence-electron chi connectivity index (χ0n) is 55.6. The Labute approximate surface area is 565 Å². The highest BCUT2D eigenvalue weighted by atomic mass is 15.2. The standard InChI is InChI=1S/C88H76N8/c1-61-57-83(65(5)53-79(61)91(69-33-17-9-18-34-69)70-35-19-10-20-36-70)95(84-58-62(2)80(54-66(84)6)92(71-37-21-11-22-38-71)72-39-23-12-24-40-72)77-49-50-78(88-87(77)89-51-52-90-88)96(85-59-63(3)81(55-67(85)7)93(73-41-25-13-26-42-73)74-43-27-14-28-44-74)86-60-64(4)82(56-68(86)8)94(75-45-29-15-30-46-75)76-47-31-16-32-48-76/h9-60H,1-8H3. The normalized spacial score (nSPS) is 11.1. The quantitative estimate of drug-likeness (QED) is 0.0842. The summed E-state index contributed by atoms with van der Waals surface area (Å²) in [5, 5.41) is 0. The van der Waals surface area contributed by atoms with Crippen LogP contribution < -0.4 is 29.4 Å². The van der Waals surface area contributed by atoms with Crippen LogP contribution in [0, 0.1) is 55.4 Å². The number of benzene rings is 13. The van der Waals surface area contributed by atoms with E-state index in [4.69, 9.17) is 9.97 Å². The Kier molecular flexibility index (Phi) is 17.2. The molecule has 1 aromatic heterocycles. The molecule has 0 N–H and O–H groups in total. The van der Waals surface area contributed by atoms with Crippen LogP contribution in [0.3, 0.4) is 0 Å². The predicted molar refractivity (Wildman–Crippen MR) is 406 cm³/mol. The molecular formula is C88H76N8. The van der Waals surface area contributed by atoms with Gasteiger partial charge in [-0.2, -0.15) is 0 Å². The molecule has 0 aliphatic rings. The van der Waals surface area contributed by atoms with E-state index in [0.29, 0.717) is 0 Å². The molecule has 0 aliphatic heterocycles. The first-order valence-corrected chi connectivity index (χ1v) is 32.9. The van der Waals surface area contributed by atoms with Crippen LogP contribution in [0.5, 0.6) is 0 Å². The number of aromatic nitrogens is 2. The zero-order valence-corrected chi connectivity index (χ0v) is 55.6. The molecule has 0 atom stereocenters. The largest absolute Gasteiger partial charge is 0.310 e. The number of nitrogens with zero attached hydrogens (tertiary/aromatic N) is 8. The van der Waals surface area contributed by atoms with Gasteiger partial charge in [0.1, 0.15) is 11.0 Å². The lowest BCUT2D eigenvalue weighted by atomic mass is 9.99. The van der Waals surface area contributed by atoms with Crippen molar-refractivity contribution in [3.8, 4) is 0 Å². The van der Waals surface area contributed by atoms with E-state index < -0.39 is 0 Å². The van der Waals surface area contributed by atoms with Crippen molar-refractivity contribution in [3.63, 3.8) is 0 Å². The minimum atomic E-state index is 0.753. The highest BCUT2D eigenvalue weighted by Crippen LogP contribution is 2.52. The number of fused-ring (bicyclic) bond motifs is 1. The monoisotopic (exact) mass is 1240 g/mol. The molecule has 0 bridgehead atoms. The number of para-hydroxylation sites is 8. The van der Waals surface area contributed by atoms with Crippen LogP contribution in [0.2, 0.25) is 0 Å². The smallest absolute Gasteiger partial charge is 0.115 e. The molecule has 0 radical (unpaired) electrons. The first-order chi connectivity index (χ1) is 47.0. The van der Waals surface area contributed by atoms with Crippen molar-refractivity contribution in [2.75, 3.05) is 29.4 Å². The molecule has 0 unspecified atom stereocenters. The number of anilines is 18. The van der Waals surface area contributed by atoms with Crippen molar-refractivity contribution in [2.24, 2.45) is 0 Å². The summed E-state index contributed by atoms with van der Waals surface area (Å²) < 4.78 is 0. The van der Waals surface area contributed by atoms with E-state index in [9.17, 15) is 0 Å². The van der Waals surface area contributed by atoms with Crippen molar-refractivity contribution >= 4 is 113 Å². The van der Waals surface area contributed by atoms with Crippen LogP contribution in [0.1, 0.15) is 44.5 Å². The summed E-state index contributed by atoms with van der Waals surface area (Å²) in [6.45, 7) is 17.9. The highest BCUT2D eigenvalue weighted by Gasteiger charge is 2.30. The minimum absolute atomic E-state index is 0.753. The fraction of sp³-hybridized carbons (Fsp3) is 0.0909. The van der Waals surface area contributed by atoms with Crippen LogP contribution in [-0.4, -0.2) is 9.97 Å². The predicted octanol–water partition coefficient (Wildman–Crippen LogP) is 24.9. The van der Waals surface area contributed by atoms with Gasteiger partial charge in [-0.25, -0.2) is 0 Å². The maximum Gasteiger partial charge on any atom is 0.115 e. The maximum atomic E-state index is 5.47. The van der Waals surface area contributed by atoms with Gasteiger partial charge in [-0.3, -0.25) is 9.97 Å². The molecule has 13 aromatic carbocycles. The SMILES string of the molecule is Cc1cc(N(c2cc(C)c(N(c3ccccc3)c3ccccc3)cc2C)c2ccc(N(c3cc(C)c(N(c4ccccc4)c4ccccc4)cc3C)c3cc(C)c(N(c4ccccc4)c4ccccc4)cc3C)c3nccnc23)c(C)cc1N(c1ccccc1)c1ccccc1. The Bertz CT molecular complexity index is 4280. The summed E-state index contributed by atoms with van der Waals surface area (Å²) in [5.41, 5.74) is 29.2. The molecule has 0 amide bonds. The van der Waals surface area contributed by atoms with Gasteiger partial charge in [0.05, 0.1) is 11.4 Å². The molecule has 1 heterocycles. The average Bonchev–Trinajstić information content (AvgIpc) is 0.739. The lowest BCUT2D eigenvalue weighted by molar-refractivity contribution is 1.16. The van der Waals surface area contributed by atoms with Gasteiger partial charge in [-0.1, -0.05) is 146 Å². The molecule has 0 saturated heterocycles. The molecule has 0 saturated carbocycles. The summed E-state index contributed by atoms with van der Waals surface area (Å²) >= 11 is 0. The van der Waals surface area contributed by atoms with Crippen molar-refractivity contribution in [2.45, 2.75) is 55.4 Å². The Morgan fingerprint density at radius 3 is 0.469 bits per heavy atom. The second-order valence-corrected chi connectivity index (χ2v) is 24.8. The van der Waals surface area contributed by atoms with Crippen molar-refractivity contribution < 1.29 is 0 Å². The topological polar surface area (TPSA) is 45.2 Å². The van der Waals surface area contributed by atoms with E-state index in [1.165, 1.54) is 0 Å². The van der Waals surface area contributed by atoms with Crippen LogP contribution in [-0.2, 0) is 0 Å². The van der Waals surface area contributed by atoms with E-state index in [2.05, 4.69) is 388 Å². The molecule has 8 nitrogen and oxygen atoms in total. The third kappa shape index (κ3) is 12.0. The Morgan fingerprint density at radius 1 is 0.167 bits per heavy atom. The van der Waals surface area contributed by atoms with E-state index >= 15 is 0 Å². The van der Waals surface area contributed by atoms with E-state index in [1.54, 1.807) is 0 Å². The first kappa shape index (κ1) is 61.5. The molecular weight excluding hydrogens is 1170 g/mol. The van der Waals surface area contributed by atoms with Crippen molar-refractivity contribution in [3.05, 3.63) is 360 Å². The van der Waals surface area contributed by atoms with Gasteiger partial charge in [-0.05, 0) is 258 Å². The number of hydrogen-bond acceptors (Lipinski definition) is 8. The summed E-state index contributed by atoms with van der Waals surface area (Å²) in [6, 6.07) is 109. The average molecular weight is 1250 g/mol. The summed E-state index contributed by atoms with van der Waals surface area (Å²) in [5.74, 6) is 0. The summed E-state index contributed by atoms with van der Waals surface area (Å²) in [6.07, 6.45) is 3.68. The van der Waals surface area contributed by atoms with Gasteiger partial charge in [0.25, 0.3) is 0 Å². The third-order valence-corrected chi connectivity index (χ3v) is 18.2. The van der Waals surface area contributed by atoms with E-state index in [-0.39, 0.29) is 0 Å². The van der Waals surface area contributed by atoms with Gasteiger partial charge >= 0.3 is 0 Å². The zero-order chi connectivity index (χ0) is 65.8. The molecule has 14 aromatic rings. The highest BCUT2D eigenvalue weighted by molar-refractivity contribution is 6.05. The van der Waals surface area contributed by atoms with Crippen molar-refractivity contribution in [1.29, 1.82) is 0 Å². The second-order valence-electron chi connectivity index (χ2n) is 24.8. The number of hydrogen-bond donors (Lipinski definition) is 0. The van der Waals surface area contributed by atoms with Gasteiger partial charge in [-0.15, -0.1) is 0 Å². The first-order valence-electron chi connectivity index (χ1n) is 32.9. The molecule has 0 fully saturated rings. The van der Waals surface area contributed by atoms with Crippen LogP contribution >= 0.6 is 0 Å². The summed E-state index contributed by atoms with van der Waals surface area (Å²) in [4.78, 5) is 25.3. The van der Waals surface area contributed by atoms with Crippen LogP contribution in [0.4, 0.5) is 102 Å². The molecule has 0 aliphatic carbocycles. The molecule has 0 spiro atoms. The van der Waals surface area contributed by atoms with Gasteiger partial charge < -0.3 is 29.4 Å². The fourth-order valence-electron chi connectivity index (χ4n) is 13.6. The van der Waals surface area contributed by atoms with E-state index in [0.717, 1.165) is 158 Å². The van der Waals surface area contributed by atoms with Gasteiger partial charge in [0, 0.05) is 103 Å². The van der Waals surface area contributed by atoms with Gasteiger partial charge in [0.2, 0.25) is 0 Å². The third-order valence-electron chi connectivity index (χ3n) is 18.2. The van der Waals surface area contributed by atoms with Gasteiger partial charge in [0.15, 0.2) is 0 Å². The van der Waals surface area contributed by atoms with Crippen LogP contribution in [0.25, 0.3) is 11.0 Å². The Balaban J connectivity index is 1.000. The fourth-order valence-corrected chi connectivity index (χ4v) is 13.6. The summed E-state index contributed by atoms with van der Waals surface area (Å²) in [7, 11) is 0. The van der Waals surface area contributed by atoms with E-state index in [1.807, 2.05) is 12.4 Å². The maximum absolute atomic E-state index is 5.47. The second kappa shape index (κ2) is 26.9. The lowest BCUT2D eigenvalue weighted by Crippen LogP contribution is -2.19. The van der Waals surface area contributed by atoms with Crippen LogP contribution in [0.15, 0.2) is 316 Å². The molecule has 468 valence electrons. The minimum Gasteiger partial charge on any atom is -0.310 e. The Hall–Kier alpha value is -12.0. The lowest BCUT2D eigenvalue weighted by Gasteiger charge is -2.35. The molecule has 96 heavy (non-hydrogen) atoms. The van der Waals surface area contributed by atoms with Crippen molar-refractivity contribution in [1.82, 2.24) is 9.97 Å². The molecule has 14 rings (SSSR count). The number of rotatable bonds is 18. The number of aryl methyl sites for hydroxylation is 8. The molecule has 8 heteroatoms. The Morgan fingerprint density at radius 2 is 0.312 bits per heavy atom.